The number of hydrogen-bond acceptors (Lipinski definition) is 2. The summed E-state index contributed by atoms with van der Waals surface area (Å²) in [5.41, 5.74) is 2.01. The van der Waals surface area contributed by atoms with Crippen LogP contribution in [-0.4, -0.2) is 27.9 Å². The molecule has 0 bridgehead atoms. The second-order valence-corrected chi connectivity index (χ2v) is 5.53. The van der Waals surface area contributed by atoms with Crippen molar-refractivity contribution in [3.8, 4) is 0 Å². The number of benzene rings is 1. The van der Waals surface area contributed by atoms with E-state index in [1.165, 1.54) is 6.92 Å². The molecule has 1 amide bonds. The molecule has 0 spiro atoms. The van der Waals surface area contributed by atoms with Gasteiger partial charge in [-0.1, -0.05) is 15.9 Å². The van der Waals surface area contributed by atoms with Gasteiger partial charge in [-0.3, -0.25) is 4.79 Å². The van der Waals surface area contributed by atoms with E-state index in [1.54, 1.807) is 0 Å². The van der Waals surface area contributed by atoms with E-state index >= 15 is 0 Å². The molecule has 0 atom stereocenters. The van der Waals surface area contributed by atoms with E-state index in [9.17, 15) is 4.79 Å². The van der Waals surface area contributed by atoms with Gasteiger partial charge in [-0.2, -0.15) is 0 Å². The van der Waals surface area contributed by atoms with Crippen LogP contribution in [0.4, 0.5) is 0 Å². The first-order chi connectivity index (χ1) is 9.11. The Balaban J connectivity index is 2.33. The predicted molar refractivity (Wildman–Crippen MR) is 80.5 cm³/mol. The van der Waals surface area contributed by atoms with Crippen LogP contribution in [0.15, 0.2) is 22.7 Å². The Morgan fingerprint density at radius 3 is 3.00 bits per heavy atom. The molecule has 1 aromatic carbocycles. The molecule has 102 valence electrons. The summed E-state index contributed by atoms with van der Waals surface area (Å²) in [6.07, 6.45) is 0.716. The van der Waals surface area contributed by atoms with Gasteiger partial charge in [-0.25, -0.2) is 4.98 Å². The van der Waals surface area contributed by atoms with Gasteiger partial charge in [0.2, 0.25) is 5.91 Å². The van der Waals surface area contributed by atoms with Gasteiger partial charge in [0.15, 0.2) is 0 Å². The van der Waals surface area contributed by atoms with E-state index in [0.29, 0.717) is 25.4 Å². The predicted octanol–water partition coefficient (Wildman–Crippen LogP) is 2.72. The maximum atomic E-state index is 10.9. The Hall–Kier alpha value is -1.07. The lowest BCUT2D eigenvalue weighted by atomic mass is 10.3. The zero-order valence-electron chi connectivity index (χ0n) is 10.6. The molecular weight excluding hydrogens is 330 g/mol. The first-order valence-electron chi connectivity index (χ1n) is 6.07. The van der Waals surface area contributed by atoms with E-state index < -0.39 is 0 Å². The number of amides is 1. The lowest BCUT2D eigenvalue weighted by Crippen LogP contribution is -2.25. The average molecular weight is 345 g/mol. The lowest BCUT2D eigenvalue weighted by Gasteiger charge is -2.09. The fourth-order valence-corrected chi connectivity index (χ4v) is 2.53. The molecule has 6 heteroatoms. The van der Waals surface area contributed by atoms with Gasteiger partial charge in [0.05, 0.1) is 11.0 Å². The molecule has 2 aromatic rings. The van der Waals surface area contributed by atoms with Crippen molar-refractivity contribution in [1.82, 2.24) is 14.9 Å². The van der Waals surface area contributed by atoms with Crippen molar-refractivity contribution in [2.45, 2.75) is 19.9 Å². The third kappa shape index (κ3) is 3.48. The number of rotatable bonds is 5. The largest absolute Gasteiger partial charge is 0.355 e. The normalized spacial score (nSPS) is 10.9. The van der Waals surface area contributed by atoms with Crippen molar-refractivity contribution in [3.05, 3.63) is 28.5 Å². The van der Waals surface area contributed by atoms with Crippen LogP contribution in [0.3, 0.4) is 0 Å². The number of carbonyl (C=O) groups excluding carboxylic acids is 1. The van der Waals surface area contributed by atoms with E-state index in [-0.39, 0.29) is 5.91 Å². The number of alkyl halides is 1. The van der Waals surface area contributed by atoms with E-state index in [2.05, 4.69) is 30.8 Å². The monoisotopic (exact) mass is 343 g/mol. The molecule has 0 aliphatic heterocycles. The highest BCUT2D eigenvalue weighted by Crippen LogP contribution is 2.21. The number of aryl methyl sites for hydroxylation is 1. The van der Waals surface area contributed by atoms with E-state index in [0.717, 1.165) is 21.3 Å². The molecule has 1 aromatic heterocycles. The molecule has 4 nitrogen and oxygen atoms in total. The van der Waals surface area contributed by atoms with Gasteiger partial charge in [0.25, 0.3) is 0 Å². The minimum absolute atomic E-state index is 0.0236. The van der Waals surface area contributed by atoms with E-state index in [1.807, 2.05) is 18.2 Å². The standard InChI is InChI=1S/C13H15BrClN3O/c1-9(19)16-6-7-18-12-8-10(14)2-3-11(12)17-13(18)4-5-15/h2-3,8H,4-7H2,1H3,(H,16,19). The molecule has 0 saturated carbocycles. The van der Waals surface area contributed by atoms with Crippen molar-refractivity contribution in [1.29, 1.82) is 0 Å². The third-order valence-electron chi connectivity index (χ3n) is 2.82. The Morgan fingerprint density at radius 2 is 2.32 bits per heavy atom. The number of imidazole rings is 1. The van der Waals surface area contributed by atoms with Crippen molar-refractivity contribution in [2.24, 2.45) is 0 Å². The smallest absolute Gasteiger partial charge is 0.216 e. The quantitative estimate of drug-likeness (QED) is 0.848. The van der Waals surface area contributed by atoms with Crippen molar-refractivity contribution in [2.75, 3.05) is 12.4 Å². The molecule has 1 heterocycles. The number of fused-ring (bicyclic) bond motifs is 1. The van der Waals surface area contributed by atoms with Gasteiger partial charge in [-0.15, -0.1) is 11.6 Å². The van der Waals surface area contributed by atoms with Crippen molar-refractivity contribution >= 4 is 44.5 Å². The van der Waals surface area contributed by atoms with Crippen LogP contribution in [-0.2, 0) is 17.8 Å². The summed E-state index contributed by atoms with van der Waals surface area (Å²) < 4.78 is 3.12. The van der Waals surface area contributed by atoms with Crippen LogP contribution in [0.2, 0.25) is 0 Å². The van der Waals surface area contributed by atoms with Crippen LogP contribution >= 0.6 is 27.5 Å². The molecule has 0 aliphatic rings. The Morgan fingerprint density at radius 1 is 1.53 bits per heavy atom. The number of carbonyl (C=O) groups is 1. The van der Waals surface area contributed by atoms with Gasteiger partial charge < -0.3 is 9.88 Å². The second kappa shape index (κ2) is 6.39. The van der Waals surface area contributed by atoms with Gasteiger partial charge in [-0.05, 0) is 18.2 Å². The number of nitrogens with one attached hydrogen (secondary N) is 1. The average Bonchev–Trinajstić information content (AvgIpc) is 2.67. The summed E-state index contributed by atoms with van der Waals surface area (Å²) in [6, 6.07) is 5.98. The van der Waals surface area contributed by atoms with Crippen LogP contribution in [0.25, 0.3) is 11.0 Å². The maximum Gasteiger partial charge on any atom is 0.216 e. The molecule has 0 fully saturated rings. The number of halogens is 2. The fourth-order valence-electron chi connectivity index (χ4n) is 2.01. The van der Waals surface area contributed by atoms with E-state index in [4.69, 9.17) is 11.6 Å². The molecule has 0 unspecified atom stereocenters. The summed E-state index contributed by atoms with van der Waals surface area (Å²) in [4.78, 5) is 15.5. The molecule has 19 heavy (non-hydrogen) atoms. The summed E-state index contributed by atoms with van der Waals surface area (Å²) >= 11 is 9.29. The SMILES string of the molecule is CC(=O)NCCn1c(CCCl)nc2ccc(Br)cc21. The number of aromatic nitrogens is 2. The maximum absolute atomic E-state index is 10.9. The lowest BCUT2D eigenvalue weighted by molar-refractivity contribution is -0.118. The van der Waals surface area contributed by atoms with Gasteiger partial charge >= 0.3 is 0 Å². The molecule has 2 rings (SSSR count). The first kappa shape index (κ1) is 14.3. The Kier molecular flexibility index (Phi) is 4.82. The summed E-state index contributed by atoms with van der Waals surface area (Å²) in [5, 5.41) is 2.80. The first-order valence-corrected chi connectivity index (χ1v) is 7.39. The number of nitrogens with zero attached hydrogens (tertiary/aromatic N) is 2. The molecule has 0 saturated heterocycles. The molecule has 0 radical (unpaired) electrons. The fraction of sp³-hybridized carbons (Fsp3) is 0.385. The highest BCUT2D eigenvalue weighted by atomic mass is 79.9. The summed E-state index contributed by atoms with van der Waals surface area (Å²) in [5.74, 6) is 1.46. The highest BCUT2D eigenvalue weighted by Gasteiger charge is 2.10. The third-order valence-corrected chi connectivity index (χ3v) is 3.50. The minimum Gasteiger partial charge on any atom is -0.355 e. The Labute approximate surface area is 125 Å². The number of hydrogen-bond donors (Lipinski definition) is 1. The van der Waals surface area contributed by atoms with Crippen LogP contribution < -0.4 is 5.32 Å². The van der Waals surface area contributed by atoms with Gasteiger partial charge in [0.1, 0.15) is 5.82 Å². The topological polar surface area (TPSA) is 46.9 Å². The minimum atomic E-state index is -0.0236. The zero-order chi connectivity index (χ0) is 13.8. The van der Waals surface area contributed by atoms with Crippen LogP contribution in [0.5, 0.6) is 0 Å². The molecule has 1 N–H and O–H groups in total. The molecular formula is C13H15BrClN3O. The van der Waals surface area contributed by atoms with Crippen LogP contribution in [0.1, 0.15) is 12.7 Å². The second-order valence-electron chi connectivity index (χ2n) is 4.23. The van der Waals surface area contributed by atoms with Crippen molar-refractivity contribution < 1.29 is 4.79 Å². The summed E-state index contributed by atoms with van der Waals surface area (Å²) in [6.45, 7) is 2.80. The van der Waals surface area contributed by atoms with Gasteiger partial charge in [0, 0.05) is 36.8 Å². The molecule has 0 aliphatic carbocycles. The zero-order valence-corrected chi connectivity index (χ0v) is 13.0. The highest BCUT2D eigenvalue weighted by molar-refractivity contribution is 9.10. The Bertz CT molecular complexity index is 597. The van der Waals surface area contributed by atoms with Crippen molar-refractivity contribution in [3.63, 3.8) is 0 Å². The summed E-state index contributed by atoms with van der Waals surface area (Å²) in [7, 11) is 0. The van der Waals surface area contributed by atoms with Crippen LogP contribution in [0, 0.1) is 0 Å².